The fourth-order valence-corrected chi connectivity index (χ4v) is 1.47. The number of hydrogen-bond acceptors (Lipinski definition) is 5. The molecule has 6 nitrogen and oxygen atoms in total. The molecule has 0 aliphatic carbocycles. The summed E-state index contributed by atoms with van der Waals surface area (Å²) in [6.45, 7) is 1.61. The Labute approximate surface area is 96.0 Å². The normalized spacial score (nSPS) is 10.4. The first-order valence-electron chi connectivity index (χ1n) is 4.89. The summed E-state index contributed by atoms with van der Waals surface area (Å²) in [5.74, 6) is 0.309. The van der Waals surface area contributed by atoms with Gasteiger partial charge in [-0.25, -0.2) is 14.6 Å². The second kappa shape index (κ2) is 4.25. The first-order chi connectivity index (χ1) is 8.06. The van der Waals surface area contributed by atoms with Crippen LogP contribution in [0.5, 0.6) is 0 Å². The lowest BCUT2D eigenvalue weighted by atomic mass is 10.1. The number of carbonyl (C=O) groups excluding carboxylic acids is 1. The molecule has 0 aliphatic rings. The number of carbonyl (C=O) groups is 1. The molecular weight excluding hydrogens is 224 g/mol. The van der Waals surface area contributed by atoms with E-state index in [1.54, 1.807) is 25.1 Å². The molecule has 1 aromatic carbocycles. The van der Waals surface area contributed by atoms with Crippen LogP contribution in [0, 0.1) is 6.92 Å². The zero-order valence-corrected chi connectivity index (χ0v) is 9.10. The van der Waals surface area contributed by atoms with Gasteiger partial charge in [0.2, 0.25) is 0 Å². The molecule has 2 aromatic rings. The van der Waals surface area contributed by atoms with Gasteiger partial charge in [0.1, 0.15) is 6.61 Å². The van der Waals surface area contributed by atoms with Gasteiger partial charge in [0.15, 0.2) is 5.89 Å². The average Bonchev–Trinajstić information content (AvgIpc) is 2.26. The molecule has 2 rings (SSSR count). The van der Waals surface area contributed by atoms with Gasteiger partial charge in [-0.05, 0) is 17.7 Å². The number of benzene rings is 1. The van der Waals surface area contributed by atoms with Crippen LogP contribution in [-0.2, 0) is 11.3 Å². The molecular formula is C11H10N2O4. The standard InChI is InChI=1S/C11H10N2O4/c1-6-13-9-3-2-7(5-16-11(12)15)4-8(9)10(14)17-6/h2-4H,5H2,1H3,(H2,12,15). The average molecular weight is 234 g/mol. The third kappa shape index (κ3) is 2.41. The van der Waals surface area contributed by atoms with Gasteiger partial charge < -0.3 is 14.9 Å². The van der Waals surface area contributed by atoms with E-state index in [9.17, 15) is 9.59 Å². The summed E-state index contributed by atoms with van der Waals surface area (Å²) in [7, 11) is 0. The Morgan fingerprint density at radius 2 is 2.29 bits per heavy atom. The maximum atomic E-state index is 11.6. The number of amides is 1. The molecule has 0 radical (unpaired) electrons. The van der Waals surface area contributed by atoms with Crippen LogP contribution in [-0.4, -0.2) is 11.1 Å². The first kappa shape index (κ1) is 11.1. The number of fused-ring (bicyclic) bond motifs is 1. The Hall–Kier alpha value is -2.37. The van der Waals surface area contributed by atoms with Crippen LogP contribution in [0.2, 0.25) is 0 Å². The van der Waals surface area contributed by atoms with Crippen molar-refractivity contribution in [1.29, 1.82) is 0 Å². The molecule has 1 amide bonds. The lowest BCUT2D eigenvalue weighted by Crippen LogP contribution is -2.12. The molecule has 0 atom stereocenters. The molecule has 0 aliphatic heterocycles. The van der Waals surface area contributed by atoms with Crippen LogP contribution in [0.25, 0.3) is 10.9 Å². The fraction of sp³-hybridized carbons (Fsp3) is 0.182. The van der Waals surface area contributed by atoms with E-state index in [-0.39, 0.29) is 6.61 Å². The van der Waals surface area contributed by atoms with E-state index in [1.807, 2.05) is 0 Å². The van der Waals surface area contributed by atoms with E-state index in [2.05, 4.69) is 9.72 Å². The van der Waals surface area contributed by atoms with Crippen molar-refractivity contribution in [3.8, 4) is 0 Å². The molecule has 0 unspecified atom stereocenters. The van der Waals surface area contributed by atoms with Gasteiger partial charge in [0.05, 0.1) is 10.9 Å². The molecule has 6 heteroatoms. The van der Waals surface area contributed by atoms with Crippen molar-refractivity contribution in [2.24, 2.45) is 5.73 Å². The summed E-state index contributed by atoms with van der Waals surface area (Å²) in [6.07, 6.45) is -0.862. The van der Waals surface area contributed by atoms with E-state index >= 15 is 0 Å². The second-order valence-electron chi connectivity index (χ2n) is 3.48. The third-order valence-electron chi connectivity index (χ3n) is 2.18. The van der Waals surface area contributed by atoms with Crippen molar-refractivity contribution in [3.63, 3.8) is 0 Å². The zero-order chi connectivity index (χ0) is 12.4. The molecule has 17 heavy (non-hydrogen) atoms. The van der Waals surface area contributed by atoms with E-state index in [0.29, 0.717) is 22.4 Å². The second-order valence-corrected chi connectivity index (χ2v) is 3.48. The fourth-order valence-electron chi connectivity index (χ4n) is 1.47. The number of nitrogens with two attached hydrogens (primary N) is 1. The monoisotopic (exact) mass is 234 g/mol. The van der Waals surface area contributed by atoms with Gasteiger partial charge in [0.25, 0.3) is 0 Å². The molecule has 0 fully saturated rings. The van der Waals surface area contributed by atoms with Crippen molar-refractivity contribution in [2.75, 3.05) is 0 Å². The highest BCUT2D eigenvalue weighted by Gasteiger charge is 2.05. The van der Waals surface area contributed by atoms with Gasteiger partial charge in [-0.3, -0.25) is 0 Å². The van der Waals surface area contributed by atoms with Gasteiger partial charge in [-0.1, -0.05) is 6.07 Å². The number of nitrogens with zero attached hydrogens (tertiary/aromatic N) is 1. The Morgan fingerprint density at radius 3 is 3.00 bits per heavy atom. The van der Waals surface area contributed by atoms with Crippen LogP contribution in [0.3, 0.4) is 0 Å². The largest absolute Gasteiger partial charge is 0.445 e. The Bertz CT molecular complexity index is 633. The van der Waals surface area contributed by atoms with Gasteiger partial charge in [0, 0.05) is 6.92 Å². The smallest absolute Gasteiger partial charge is 0.404 e. The van der Waals surface area contributed by atoms with Crippen LogP contribution in [0.15, 0.2) is 27.4 Å². The maximum absolute atomic E-state index is 11.6. The Kier molecular flexibility index (Phi) is 2.78. The summed E-state index contributed by atoms with van der Waals surface area (Å²) in [6, 6.07) is 4.94. The minimum atomic E-state index is -0.862. The highest BCUT2D eigenvalue weighted by atomic mass is 16.5. The van der Waals surface area contributed by atoms with Gasteiger partial charge in [-0.15, -0.1) is 0 Å². The molecule has 0 bridgehead atoms. The number of aryl methyl sites for hydroxylation is 1. The molecule has 1 aromatic heterocycles. The minimum Gasteiger partial charge on any atom is -0.445 e. The van der Waals surface area contributed by atoms with Crippen LogP contribution in [0.1, 0.15) is 11.5 Å². The summed E-state index contributed by atoms with van der Waals surface area (Å²) in [5, 5.41) is 0.348. The van der Waals surface area contributed by atoms with Gasteiger partial charge >= 0.3 is 11.7 Å². The summed E-state index contributed by atoms with van der Waals surface area (Å²) < 4.78 is 9.50. The van der Waals surface area contributed by atoms with Crippen molar-refractivity contribution >= 4 is 17.0 Å². The number of ether oxygens (including phenoxy) is 1. The van der Waals surface area contributed by atoms with Crippen LogP contribution < -0.4 is 11.4 Å². The van der Waals surface area contributed by atoms with Crippen molar-refractivity contribution < 1.29 is 13.9 Å². The zero-order valence-electron chi connectivity index (χ0n) is 9.10. The highest BCUT2D eigenvalue weighted by molar-refractivity contribution is 5.77. The number of rotatable bonds is 2. The van der Waals surface area contributed by atoms with E-state index in [1.165, 1.54) is 0 Å². The van der Waals surface area contributed by atoms with E-state index in [0.717, 1.165) is 0 Å². The van der Waals surface area contributed by atoms with Crippen molar-refractivity contribution in [1.82, 2.24) is 4.98 Å². The van der Waals surface area contributed by atoms with Crippen LogP contribution >= 0.6 is 0 Å². The summed E-state index contributed by atoms with van der Waals surface area (Å²) in [5.41, 5.74) is 5.58. The van der Waals surface area contributed by atoms with E-state index < -0.39 is 11.7 Å². The molecule has 1 heterocycles. The Morgan fingerprint density at radius 1 is 1.53 bits per heavy atom. The molecule has 0 saturated heterocycles. The lowest BCUT2D eigenvalue weighted by molar-refractivity contribution is 0.150. The predicted octanol–water partition coefficient (Wildman–Crippen LogP) is 1.09. The minimum absolute atomic E-state index is 0.0125. The maximum Gasteiger partial charge on any atom is 0.404 e. The summed E-state index contributed by atoms with van der Waals surface area (Å²) >= 11 is 0. The third-order valence-corrected chi connectivity index (χ3v) is 2.18. The molecule has 0 saturated carbocycles. The lowest BCUT2D eigenvalue weighted by Gasteiger charge is -2.03. The molecule has 2 N–H and O–H groups in total. The first-order valence-corrected chi connectivity index (χ1v) is 4.89. The van der Waals surface area contributed by atoms with Crippen LogP contribution in [0.4, 0.5) is 4.79 Å². The summed E-state index contributed by atoms with van der Waals surface area (Å²) in [4.78, 5) is 26.1. The highest BCUT2D eigenvalue weighted by Crippen LogP contribution is 2.12. The van der Waals surface area contributed by atoms with Crippen molar-refractivity contribution in [2.45, 2.75) is 13.5 Å². The molecule has 88 valence electrons. The SMILES string of the molecule is Cc1nc2ccc(COC(N)=O)cc2c(=O)o1. The molecule has 0 spiro atoms. The van der Waals surface area contributed by atoms with Gasteiger partial charge in [-0.2, -0.15) is 0 Å². The van der Waals surface area contributed by atoms with Crippen molar-refractivity contribution in [3.05, 3.63) is 40.1 Å². The topological polar surface area (TPSA) is 95.4 Å². The number of hydrogen-bond donors (Lipinski definition) is 1. The quantitative estimate of drug-likeness (QED) is 0.839. The predicted molar refractivity (Wildman–Crippen MR) is 59.4 cm³/mol. The number of primary amides is 1. The van der Waals surface area contributed by atoms with E-state index in [4.69, 9.17) is 10.2 Å². The number of aromatic nitrogens is 1. The Balaban J connectivity index is 2.43.